The Hall–Kier alpha value is -1.29. The van der Waals surface area contributed by atoms with E-state index in [9.17, 15) is 13.2 Å². The topological polar surface area (TPSA) is 96.4 Å². The van der Waals surface area contributed by atoms with Crippen molar-refractivity contribution >= 4 is 38.7 Å². The summed E-state index contributed by atoms with van der Waals surface area (Å²) in [4.78, 5) is 15.3. The highest BCUT2D eigenvalue weighted by Crippen LogP contribution is 2.25. The molecule has 2 aromatic rings. The zero-order chi connectivity index (χ0) is 15.6. The van der Waals surface area contributed by atoms with Gasteiger partial charge in [-0.1, -0.05) is 0 Å². The lowest BCUT2D eigenvalue weighted by Gasteiger charge is -2.03. The summed E-state index contributed by atoms with van der Waals surface area (Å²) < 4.78 is 26.7. The Bertz CT molecular complexity index is 761. The normalized spacial score (nSPS) is 11.7. The Morgan fingerprint density at radius 3 is 2.67 bits per heavy atom. The van der Waals surface area contributed by atoms with Crippen LogP contribution in [-0.4, -0.2) is 31.0 Å². The zero-order valence-electron chi connectivity index (χ0n) is 11.4. The second-order valence-corrected chi connectivity index (χ2v) is 8.50. The van der Waals surface area contributed by atoms with Crippen molar-refractivity contribution in [1.29, 1.82) is 0 Å². The van der Waals surface area contributed by atoms with Crippen molar-refractivity contribution in [2.45, 2.75) is 24.5 Å². The van der Waals surface area contributed by atoms with E-state index in [1.165, 1.54) is 17.4 Å². The second kappa shape index (κ2) is 6.22. The van der Waals surface area contributed by atoms with Crippen LogP contribution in [0.25, 0.3) is 0 Å². The van der Waals surface area contributed by atoms with E-state index in [0.29, 0.717) is 12.0 Å². The van der Waals surface area contributed by atoms with Gasteiger partial charge in [0.05, 0.1) is 10.7 Å². The van der Waals surface area contributed by atoms with Crippen LogP contribution < -0.4 is 4.72 Å². The van der Waals surface area contributed by atoms with Gasteiger partial charge in [-0.2, -0.15) is 0 Å². The molecule has 0 fully saturated rings. The second-order valence-electron chi connectivity index (χ2n) is 4.39. The number of thiophene rings is 1. The molecule has 0 spiro atoms. The number of hydrogen-bond acceptors (Lipinski definition) is 6. The summed E-state index contributed by atoms with van der Waals surface area (Å²) in [5.74, 6) is -1.11. The van der Waals surface area contributed by atoms with E-state index in [1.807, 2.05) is 12.3 Å². The molecule has 6 nitrogen and oxygen atoms in total. The van der Waals surface area contributed by atoms with Crippen LogP contribution in [0.4, 0.5) is 0 Å². The predicted molar refractivity (Wildman–Crippen MR) is 81.8 cm³/mol. The number of thiazole rings is 1. The quantitative estimate of drug-likeness (QED) is 0.834. The fourth-order valence-corrected chi connectivity index (χ4v) is 4.81. The molecule has 0 atom stereocenters. The number of carboxylic acid groups (broad SMARTS) is 1. The lowest BCUT2D eigenvalue weighted by atomic mass is 10.3. The van der Waals surface area contributed by atoms with Gasteiger partial charge in [-0.3, -0.25) is 0 Å². The molecule has 0 aliphatic heterocycles. The van der Waals surface area contributed by atoms with Crippen molar-refractivity contribution in [2.75, 3.05) is 6.54 Å². The Labute approximate surface area is 130 Å². The van der Waals surface area contributed by atoms with E-state index >= 15 is 0 Å². The molecule has 0 unspecified atom stereocenters. The van der Waals surface area contributed by atoms with Gasteiger partial charge in [0, 0.05) is 18.3 Å². The number of hydrogen-bond donors (Lipinski definition) is 2. The summed E-state index contributed by atoms with van der Waals surface area (Å²) in [7, 11) is -3.68. The molecule has 0 bridgehead atoms. The van der Waals surface area contributed by atoms with Crippen molar-refractivity contribution < 1.29 is 18.3 Å². The standard InChI is InChI=1S/C12H14N2O4S3/c1-7-5-10(20-11(7)12(15)16)21(17,18)13-4-3-9-6-19-8(2)14-9/h5-6,13H,3-4H2,1-2H3,(H,15,16). The van der Waals surface area contributed by atoms with Gasteiger partial charge in [0.15, 0.2) is 0 Å². The van der Waals surface area contributed by atoms with Crippen molar-refractivity contribution in [3.8, 4) is 0 Å². The van der Waals surface area contributed by atoms with Crippen LogP contribution in [0.5, 0.6) is 0 Å². The van der Waals surface area contributed by atoms with Gasteiger partial charge in [0.1, 0.15) is 9.09 Å². The molecule has 2 heterocycles. The highest BCUT2D eigenvalue weighted by molar-refractivity contribution is 7.91. The lowest BCUT2D eigenvalue weighted by molar-refractivity contribution is 0.0701. The van der Waals surface area contributed by atoms with Crippen LogP contribution in [0.15, 0.2) is 15.7 Å². The third-order valence-electron chi connectivity index (χ3n) is 2.69. The fraction of sp³-hybridized carbons (Fsp3) is 0.333. The number of aromatic nitrogens is 1. The molecule has 0 amide bonds. The zero-order valence-corrected chi connectivity index (χ0v) is 13.9. The summed E-state index contributed by atoms with van der Waals surface area (Å²) >= 11 is 2.28. The molecule has 0 saturated carbocycles. The molecule has 0 aromatic carbocycles. The number of sulfonamides is 1. The van der Waals surface area contributed by atoms with E-state index in [1.54, 1.807) is 6.92 Å². The molecule has 0 aliphatic carbocycles. The van der Waals surface area contributed by atoms with E-state index in [-0.39, 0.29) is 15.6 Å². The maximum Gasteiger partial charge on any atom is 0.346 e. The first kappa shape index (κ1) is 16.1. The largest absolute Gasteiger partial charge is 0.477 e. The molecule has 0 radical (unpaired) electrons. The summed E-state index contributed by atoms with van der Waals surface area (Å²) in [5, 5.41) is 11.8. The third-order valence-corrected chi connectivity index (χ3v) is 6.68. The molecule has 114 valence electrons. The van der Waals surface area contributed by atoms with Gasteiger partial charge >= 0.3 is 5.97 Å². The molecule has 9 heteroatoms. The van der Waals surface area contributed by atoms with Crippen LogP contribution in [0.3, 0.4) is 0 Å². The molecular weight excluding hydrogens is 332 g/mol. The number of aryl methyl sites for hydroxylation is 2. The predicted octanol–water partition coefficient (Wildman–Crippen LogP) is 2.04. The van der Waals surface area contributed by atoms with Gasteiger partial charge < -0.3 is 5.11 Å². The van der Waals surface area contributed by atoms with E-state index in [0.717, 1.165) is 22.0 Å². The number of aromatic carboxylic acids is 1. The van der Waals surface area contributed by atoms with Crippen LogP contribution in [0.2, 0.25) is 0 Å². The first-order chi connectivity index (χ1) is 9.79. The van der Waals surface area contributed by atoms with Gasteiger partial charge in [0.2, 0.25) is 10.0 Å². The lowest BCUT2D eigenvalue weighted by Crippen LogP contribution is -2.25. The Kier molecular flexibility index (Phi) is 4.77. The van der Waals surface area contributed by atoms with Gasteiger partial charge in [-0.05, 0) is 25.5 Å². The SMILES string of the molecule is Cc1nc(CCNS(=O)(=O)c2cc(C)c(C(=O)O)s2)cs1. The van der Waals surface area contributed by atoms with Crippen molar-refractivity contribution in [3.63, 3.8) is 0 Å². The van der Waals surface area contributed by atoms with Crippen molar-refractivity contribution in [1.82, 2.24) is 9.71 Å². The Balaban J connectivity index is 2.04. The van der Waals surface area contributed by atoms with Crippen molar-refractivity contribution in [3.05, 3.63) is 32.6 Å². The minimum absolute atomic E-state index is 0.0202. The van der Waals surface area contributed by atoms with Crippen LogP contribution in [0.1, 0.15) is 25.9 Å². The number of nitrogens with zero attached hydrogens (tertiary/aromatic N) is 1. The highest BCUT2D eigenvalue weighted by Gasteiger charge is 2.21. The molecule has 0 aliphatic rings. The van der Waals surface area contributed by atoms with Crippen LogP contribution in [0, 0.1) is 13.8 Å². The van der Waals surface area contributed by atoms with Crippen molar-refractivity contribution in [2.24, 2.45) is 0 Å². The van der Waals surface area contributed by atoms with E-state index < -0.39 is 16.0 Å². The molecule has 2 aromatic heterocycles. The highest BCUT2D eigenvalue weighted by atomic mass is 32.2. The van der Waals surface area contributed by atoms with Gasteiger partial charge in [-0.25, -0.2) is 22.9 Å². The monoisotopic (exact) mass is 346 g/mol. The summed E-state index contributed by atoms with van der Waals surface area (Å²) in [5.41, 5.74) is 1.29. The van der Waals surface area contributed by atoms with Gasteiger partial charge in [-0.15, -0.1) is 22.7 Å². The van der Waals surface area contributed by atoms with Crippen LogP contribution >= 0.6 is 22.7 Å². The first-order valence-electron chi connectivity index (χ1n) is 6.04. The number of carboxylic acids is 1. The summed E-state index contributed by atoms with van der Waals surface area (Å²) in [6, 6.07) is 1.38. The smallest absolute Gasteiger partial charge is 0.346 e. The van der Waals surface area contributed by atoms with Crippen LogP contribution in [-0.2, 0) is 16.4 Å². The molecule has 2 rings (SSSR count). The molecular formula is C12H14N2O4S3. The Morgan fingerprint density at radius 2 is 2.14 bits per heavy atom. The number of nitrogens with one attached hydrogen (secondary N) is 1. The third kappa shape index (κ3) is 3.88. The van der Waals surface area contributed by atoms with E-state index in [2.05, 4.69) is 9.71 Å². The maximum atomic E-state index is 12.1. The van der Waals surface area contributed by atoms with Gasteiger partial charge in [0.25, 0.3) is 0 Å². The first-order valence-corrected chi connectivity index (χ1v) is 9.22. The summed E-state index contributed by atoms with van der Waals surface area (Å²) in [6.07, 6.45) is 0.500. The van der Waals surface area contributed by atoms with E-state index in [4.69, 9.17) is 5.11 Å². The fourth-order valence-electron chi connectivity index (χ4n) is 1.71. The Morgan fingerprint density at radius 1 is 1.43 bits per heavy atom. The number of carbonyl (C=O) groups is 1. The minimum atomic E-state index is -3.68. The summed E-state index contributed by atoms with van der Waals surface area (Å²) in [6.45, 7) is 3.70. The molecule has 21 heavy (non-hydrogen) atoms. The average Bonchev–Trinajstić information content (AvgIpc) is 2.96. The maximum absolute atomic E-state index is 12.1. The minimum Gasteiger partial charge on any atom is -0.477 e. The molecule has 2 N–H and O–H groups in total. The molecule has 0 saturated heterocycles. The average molecular weight is 346 g/mol. The number of rotatable bonds is 6.